The number of hydrogen-bond acceptors (Lipinski definition) is 3. The molecule has 0 aliphatic rings. The predicted octanol–water partition coefficient (Wildman–Crippen LogP) is 5.60. The minimum Gasteiger partial charge on any atom is -0.350 e. The number of thioether (sulfide) groups is 1. The third kappa shape index (κ3) is 8.58. The van der Waals surface area contributed by atoms with Gasteiger partial charge in [-0.3, -0.25) is 9.59 Å². The zero-order chi connectivity index (χ0) is 23.0. The van der Waals surface area contributed by atoms with Gasteiger partial charge in [0.15, 0.2) is 0 Å². The molecular formula is C25H33ClN2O2S. The van der Waals surface area contributed by atoms with Crippen molar-refractivity contribution < 1.29 is 9.59 Å². The topological polar surface area (TPSA) is 49.4 Å². The molecule has 31 heavy (non-hydrogen) atoms. The molecule has 2 rings (SSSR count). The fourth-order valence-corrected chi connectivity index (χ4v) is 4.28. The third-order valence-electron chi connectivity index (χ3n) is 4.73. The summed E-state index contributed by atoms with van der Waals surface area (Å²) in [5.41, 5.74) is 2.99. The number of nitrogens with zero attached hydrogens (tertiary/aromatic N) is 1. The summed E-state index contributed by atoms with van der Waals surface area (Å²) >= 11 is 7.59. The smallest absolute Gasteiger partial charge is 0.243 e. The normalized spacial score (nSPS) is 12.3. The van der Waals surface area contributed by atoms with Gasteiger partial charge in [0.2, 0.25) is 11.8 Å². The minimum absolute atomic E-state index is 0.0384. The molecule has 2 aromatic carbocycles. The van der Waals surface area contributed by atoms with Gasteiger partial charge in [0.05, 0.1) is 5.75 Å². The Morgan fingerprint density at radius 2 is 1.77 bits per heavy atom. The number of aryl methyl sites for hydroxylation is 1. The molecule has 0 fully saturated rings. The molecule has 2 amide bonds. The van der Waals surface area contributed by atoms with Crippen LogP contribution in [0, 0.1) is 6.92 Å². The van der Waals surface area contributed by atoms with Crippen LogP contribution in [0.5, 0.6) is 0 Å². The molecule has 0 aliphatic carbocycles. The van der Waals surface area contributed by atoms with Crippen molar-refractivity contribution in [2.24, 2.45) is 0 Å². The van der Waals surface area contributed by atoms with Gasteiger partial charge in [0.25, 0.3) is 0 Å². The Morgan fingerprint density at radius 1 is 1.10 bits per heavy atom. The maximum Gasteiger partial charge on any atom is 0.243 e. The van der Waals surface area contributed by atoms with Gasteiger partial charge in [-0.15, -0.1) is 11.8 Å². The van der Waals surface area contributed by atoms with E-state index < -0.39 is 6.04 Å². The number of benzene rings is 2. The number of amides is 2. The SMILES string of the molecule is CC[C@H](C(=O)NC(C)(C)C)N(Cc1ccc(Cl)cc1)C(=O)CSCc1cccc(C)c1. The Labute approximate surface area is 195 Å². The van der Waals surface area contributed by atoms with Crippen molar-refractivity contribution in [3.63, 3.8) is 0 Å². The molecule has 0 spiro atoms. The van der Waals surface area contributed by atoms with E-state index in [1.807, 2.05) is 58.0 Å². The molecule has 1 N–H and O–H groups in total. The van der Waals surface area contributed by atoms with E-state index in [-0.39, 0.29) is 17.4 Å². The molecule has 0 unspecified atom stereocenters. The molecule has 168 valence electrons. The second-order valence-corrected chi connectivity index (χ2v) is 10.2. The molecule has 6 heteroatoms. The van der Waals surface area contributed by atoms with Gasteiger partial charge in [-0.1, -0.05) is 60.5 Å². The summed E-state index contributed by atoms with van der Waals surface area (Å²) in [5, 5.41) is 3.67. The monoisotopic (exact) mass is 460 g/mol. The molecule has 0 saturated carbocycles. The number of hydrogen-bond donors (Lipinski definition) is 1. The molecular weight excluding hydrogens is 428 g/mol. The van der Waals surface area contributed by atoms with Crippen LogP contribution in [0.15, 0.2) is 48.5 Å². The molecule has 0 bridgehead atoms. The first kappa shape index (κ1) is 25.3. The summed E-state index contributed by atoms with van der Waals surface area (Å²) in [4.78, 5) is 27.9. The van der Waals surface area contributed by atoms with Gasteiger partial charge in [0, 0.05) is 22.9 Å². The van der Waals surface area contributed by atoms with Gasteiger partial charge in [-0.05, 0) is 57.4 Å². The van der Waals surface area contributed by atoms with Crippen molar-refractivity contribution >= 4 is 35.2 Å². The second kappa shape index (κ2) is 11.6. The lowest BCUT2D eigenvalue weighted by Crippen LogP contribution is -2.53. The van der Waals surface area contributed by atoms with Crippen molar-refractivity contribution in [2.45, 2.75) is 64.9 Å². The molecule has 4 nitrogen and oxygen atoms in total. The molecule has 0 heterocycles. The number of carbonyl (C=O) groups excluding carboxylic acids is 2. The third-order valence-corrected chi connectivity index (χ3v) is 5.97. The van der Waals surface area contributed by atoms with E-state index in [4.69, 9.17) is 11.6 Å². The lowest BCUT2D eigenvalue weighted by molar-refractivity contribution is -0.140. The molecule has 2 aromatic rings. The minimum atomic E-state index is -0.526. The highest BCUT2D eigenvalue weighted by atomic mass is 35.5. The standard InChI is InChI=1S/C25H33ClN2O2S/c1-6-22(24(30)27-25(3,4)5)28(15-19-10-12-21(26)13-11-19)23(29)17-31-16-20-9-7-8-18(2)14-20/h7-14,22H,6,15-17H2,1-5H3,(H,27,30)/t22-/m1/s1. The fourth-order valence-electron chi connectivity index (χ4n) is 3.30. The van der Waals surface area contributed by atoms with E-state index in [1.165, 1.54) is 11.1 Å². The Balaban J connectivity index is 2.15. The Morgan fingerprint density at radius 3 is 2.35 bits per heavy atom. The first-order valence-electron chi connectivity index (χ1n) is 10.6. The van der Waals surface area contributed by atoms with Crippen LogP contribution in [-0.4, -0.2) is 34.0 Å². The van der Waals surface area contributed by atoms with Gasteiger partial charge in [0.1, 0.15) is 6.04 Å². The summed E-state index contributed by atoms with van der Waals surface area (Å²) in [7, 11) is 0. The average molecular weight is 461 g/mol. The van der Waals surface area contributed by atoms with E-state index in [2.05, 4.69) is 30.4 Å². The summed E-state index contributed by atoms with van der Waals surface area (Å²) in [6.45, 7) is 10.2. The zero-order valence-corrected chi connectivity index (χ0v) is 20.6. The first-order chi connectivity index (χ1) is 14.6. The van der Waals surface area contributed by atoms with Crippen LogP contribution in [0.25, 0.3) is 0 Å². The van der Waals surface area contributed by atoms with Crippen molar-refractivity contribution in [3.05, 3.63) is 70.2 Å². The van der Waals surface area contributed by atoms with Crippen molar-refractivity contribution in [1.29, 1.82) is 0 Å². The van der Waals surface area contributed by atoms with Crippen LogP contribution in [0.1, 0.15) is 50.8 Å². The van der Waals surface area contributed by atoms with Crippen LogP contribution in [0.3, 0.4) is 0 Å². The first-order valence-corrected chi connectivity index (χ1v) is 12.1. The fraction of sp³-hybridized carbons (Fsp3) is 0.440. The molecule has 1 atom stereocenters. The number of halogens is 1. The highest BCUT2D eigenvalue weighted by Crippen LogP contribution is 2.19. The summed E-state index contributed by atoms with van der Waals surface area (Å²) in [6.07, 6.45) is 0.545. The highest BCUT2D eigenvalue weighted by Gasteiger charge is 2.30. The van der Waals surface area contributed by atoms with Crippen LogP contribution >= 0.6 is 23.4 Å². The maximum atomic E-state index is 13.2. The number of rotatable bonds is 9. The van der Waals surface area contributed by atoms with E-state index >= 15 is 0 Å². The lowest BCUT2D eigenvalue weighted by atomic mass is 10.1. The van der Waals surface area contributed by atoms with Gasteiger partial charge in [-0.2, -0.15) is 0 Å². The van der Waals surface area contributed by atoms with E-state index in [1.54, 1.807) is 16.7 Å². The number of nitrogens with one attached hydrogen (secondary N) is 1. The van der Waals surface area contributed by atoms with E-state index in [9.17, 15) is 9.59 Å². The van der Waals surface area contributed by atoms with E-state index in [0.717, 1.165) is 11.3 Å². The van der Waals surface area contributed by atoms with E-state index in [0.29, 0.717) is 23.7 Å². The quantitative estimate of drug-likeness (QED) is 0.529. The Bertz CT molecular complexity index is 878. The van der Waals surface area contributed by atoms with Crippen LogP contribution < -0.4 is 5.32 Å². The molecule has 0 aliphatic heterocycles. The second-order valence-electron chi connectivity index (χ2n) is 8.79. The summed E-state index contributed by atoms with van der Waals surface area (Å²) in [5.74, 6) is 0.915. The largest absolute Gasteiger partial charge is 0.350 e. The summed E-state index contributed by atoms with van der Waals surface area (Å²) in [6, 6.07) is 15.2. The van der Waals surface area contributed by atoms with Gasteiger partial charge in [-0.25, -0.2) is 0 Å². The highest BCUT2D eigenvalue weighted by molar-refractivity contribution is 7.99. The van der Waals surface area contributed by atoms with Crippen LogP contribution in [-0.2, 0) is 21.9 Å². The van der Waals surface area contributed by atoms with Gasteiger partial charge < -0.3 is 10.2 Å². The predicted molar refractivity (Wildman–Crippen MR) is 131 cm³/mol. The van der Waals surface area contributed by atoms with Crippen LogP contribution in [0.2, 0.25) is 5.02 Å². The Kier molecular flexibility index (Phi) is 9.45. The zero-order valence-electron chi connectivity index (χ0n) is 19.1. The molecule has 0 saturated heterocycles. The summed E-state index contributed by atoms with van der Waals surface area (Å²) < 4.78 is 0. The number of carbonyl (C=O) groups is 2. The van der Waals surface area contributed by atoms with Gasteiger partial charge >= 0.3 is 0 Å². The van der Waals surface area contributed by atoms with Crippen molar-refractivity contribution in [3.8, 4) is 0 Å². The lowest BCUT2D eigenvalue weighted by Gasteiger charge is -2.33. The maximum absolute atomic E-state index is 13.2. The van der Waals surface area contributed by atoms with Crippen molar-refractivity contribution in [2.75, 3.05) is 5.75 Å². The Hall–Kier alpha value is -1.98. The van der Waals surface area contributed by atoms with Crippen molar-refractivity contribution in [1.82, 2.24) is 10.2 Å². The van der Waals surface area contributed by atoms with Crippen LogP contribution in [0.4, 0.5) is 0 Å². The molecule has 0 radical (unpaired) electrons. The average Bonchev–Trinajstić information content (AvgIpc) is 2.68. The molecule has 0 aromatic heterocycles.